The number of ether oxygens (including phenoxy) is 2. The first-order valence-corrected chi connectivity index (χ1v) is 10.5. The zero-order valence-electron chi connectivity index (χ0n) is 15.6. The van der Waals surface area contributed by atoms with Crippen molar-refractivity contribution >= 4 is 32.3 Å². The van der Waals surface area contributed by atoms with Gasteiger partial charge in [-0.15, -0.1) is 0 Å². The lowest BCUT2D eigenvalue weighted by Crippen LogP contribution is -2.22. The van der Waals surface area contributed by atoms with Crippen molar-refractivity contribution in [3.8, 4) is 11.5 Å². The third kappa shape index (κ3) is 3.70. The number of rotatable bonds is 6. The molecule has 3 aromatic rings. The van der Waals surface area contributed by atoms with E-state index in [-0.39, 0.29) is 22.8 Å². The van der Waals surface area contributed by atoms with Crippen molar-refractivity contribution in [1.29, 1.82) is 0 Å². The summed E-state index contributed by atoms with van der Waals surface area (Å²) in [7, 11) is -0.493. The van der Waals surface area contributed by atoms with E-state index in [1.807, 2.05) is 0 Å². The summed E-state index contributed by atoms with van der Waals surface area (Å²) in [4.78, 5) is 17.4. The van der Waals surface area contributed by atoms with Gasteiger partial charge in [-0.2, -0.15) is 0 Å². The van der Waals surface area contributed by atoms with Gasteiger partial charge in [-0.05, 0) is 29.8 Å². The van der Waals surface area contributed by atoms with Crippen LogP contribution in [0.2, 0.25) is 5.02 Å². The molecule has 28 heavy (non-hydrogen) atoms. The van der Waals surface area contributed by atoms with Crippen LogP contribution in [0.15, 0.2) is 46.3 Å². The van der Waals surface area contributed by atoms with Crippen molar-refractivity contribution in [2.45, 2.75) is 18.4 Å². The van der Waals surface area contributed by atoms with E-state index in [9.17, 15) is 13.2 Å². The zero-order valence-corrected chi connectivity index (χ0v) is 17.2. The summed E-state index contributed by atoms with van der Waals surface area (Å²) in [6.45, 7) is 1.59. The maximum atomic E-state index is 13.0. The van der Waals surface area contributed by atoms with Gasteiger partial charge in [0.2, 0.25) is 0 Å². The number of hydrogen-bond donors (Lipinski definition) is 0. The molecule has 0 N–H and O–H groups in total. The highest BCUT2D eigenvalue weighted by Gasteiger charge is 2.18. The third-order valence-corrected chi connectivity index (χ3v) is 6.47. The Hall–Kier alpha value is -2.58. The molecule has 0 aliphatic rings. The molecule has 1 heterocycles. The Bertz CT molecular complexity index is 1200. The second-order valence-electron chi connectivity index (χ2n) is 6.06. The maximum absolute atomic E-state index is 13.0. The number of sulfone groups is 1. The highest BCUT2D eigenvalue weighted by molar-refractivity contribution is 7.91. The van der Waals surface area contributed by atoms with E-state index in [0.29, 0.717) is 33.0 Å². The van der Waals surface area contributed by atoms with Crippen molar-refractivity contribution in [2.75, 3.05) is 20.0 Å². The van der Waals surface area contributed by atoms with Gasteiger partial charge in [-0.1, -0.05) is 18.5 Å². The van der Waals surface area contributed by atoms with Crippen LogP contribution in [0.3, 0.4) is 0 Å². The van der Waals surface area contributed by atoms with E-state index < -0.39 is 9.84 Å². The molecule has 7 nitrogen and oxygen atoms in total. The van der Waals surface area contributed by atoms with Gasteiger partial charge < -0.3 is 9.47 Å². The Labute approximate surface area is 167 Å². The van der Waals surface area contributed by atoms with E-state index in [2.05, 4.69) is 4.98 Å². The Morgan fingerprint density at radius 2 is 1.79 bits per heavy atom. The Balaban J connectivity index is 2.15. The molecule has 3 rings (SSSR count). The number of nitrogens with zero attached hydrogens (tertiary/aromatic N) is 2. The SMILES string of the molecule is CCS(=O)(=O)c1ccc(Cl)cc1Cn1cnc2cc(OC)c(OC)cc2c1=O. The van der Waals surface area contributed by atoms with E-state index in [4.69, 9.17) is 21.1 Å². The number of hydrogen-bond acceptors (Lipinski definition) is 6. The topological polar surface area (TPSA) is 87.5 Å². The van der Waals surface area contributed by atoms with Gasteiger partial charge in [0, 0.05) is 11.1 Å². The van der Waals surface area contributed by atoms with Crippen LogP contribution in [0.4, 0.5) is 0 Å². The Morgan fingerprint density at radius 1 is 1.11 bits per heavy atom. The van der Waals surface area contributed by atoms with Gasteiger partial charge in [0.25, 0.3) is 5.56 Å². The molecule has 0 bridgehead atoms. The normalized spacial score (nSPS) is 11.6. The second kappa shape index (κ2) is 7.81. The molecule has 148 valence electrons. The molecule has 0 amide bonds. The third-order valence-electron chi connectivity index (χ3n) is 4.41. The largest absolute Gasteiger partial charge is 0.493 e. The number of aromatic nitrogens is 2. The van der Waals surface area contributed by atoms with Crippen LogP contribution in [-0.4, -0.2) is 37.9 Å². The summed E-state index contributed by atoms with van der Waals surface area (Å²) < 4.78 is 36.6. The first-order valence-electron chi connectivity index (χ1n) is 8.43. The molecule has 0 aliphatic carbocycles. The molecule has 1 aromatic heterocycles. The molecule has 0 saturated carbocycles. The quantitative estimate of drug-likeness (QED) is 0.607. The fourth-order valence-electron chi connectivity index (χ4n) is 2.91. The maximum Gasteiger partial charge on any atom is 0.261 e. The first kappa shape index (κ1) is 20.2. The van der Waals surface area contributed by atoms with Gasteiger partial charge >= 0.3 is 0 Å². The van der Waals surface area contributed by atoms with Gasteiger partial charge in [0.15, 0.2) is 21.3 Å². The number of fused-ring (bicyclic) bond motifs is 1. The number of methoxy groups -OCH3 is 2. The molecule has 0 unspecified atom stereocenters. The van der Waals surface area contributed by atoms with E-state index in [0.717, 1.165) is 0 Å². The van der Waals surface area contributed by atoms with Gasteiger partial charge in [-0.25, -0.2) is 13.4 Å². The molecule has 2 aromatic carbocycles. The Kier molecular flexibility index (Phi) is 5.62. The highest BCUT2D eigenvalue weighted by Crippen LogP contribution is 2.30. The summed E-state index contributed by atoms with van der Waals surface area (Å²) in [6.07, 6.45) is 1.37. The smallest absolute Gasteiger partial charge is 0.261 e. The monoisotopic (exact) mass is 422 g/mol. The Morgan fingerprint density at radius 3 is 2.43 bits per heavy atom. The molecule has 0 spiro atoms. The van der Waals surface area contributed by atoms with Crippen molar-refractivity contribution in [3.63, 3.8) is 0 Å². The number of benzene rings is 2. The van der Waals surface area contributed by atoms with Crippen LogP contribution in [0.25, 0.3) is 10.9 Å². The average Bonchev–Trinajstić information content (AvgIpc) is 2.69. The minimum absolute atomic E-state index is 0.0191. The van der Waals surface area contributed by atoms with Crippen LogP contribution < -0.4 is 15.0 Å². The lowest BCUT2D eigenvalue weighted by molar-refractivity contribution is 0.355. The lowest BCUT2D eigenvalue weighted by atomic mass is 10.2. The van der Waals surface area contributed by atoms with Gasteiger partial charge in [0.1, 0.15) is 0 Å². The van der Waals surface area contributed by atoms with Crippen LogP contribution >= 0.6 is 11.6 Å². The van der Waals surface area contributed by atoms with E-state index in [1.54, 1.807) is 25.1 Å². The summed E-state index contributed by atoms with van der Waals surface area (Å²) in [5.41, 5.74) is 0.551. The predicted molar refractivity (Wildman–Crippen MR) is 107 cm³/mol. The van der Waals surface area contributed by atoms with E-state index >= 15 is 0 Å². The fraction of sp³-hybridized carbons (Fsp3) is 0.263. The van der Waals surface area contributed by atoms with Crippen LogP contribution in [-0.2, 0) is 16.4 Å². The molecule has 0 fully saturated rings. The van der Waals surface area contributed by atoms with Crippen LogP contribution in [0.1, 0.15) is 12.5 Å². The summed E-state index contributed by atoms with van der Waals surface area (Å²) in [5, 5.41) is 0.723. The zero-order chi connectivity index (χ0) is 20.5. The van der Waals surface area contributed by atoms with Crippen molar-refractivity contribution in [1.82, 2.24) is 9.55 Å². The van der Waals surface area contributed by atoms with Crippen LogP contribution in [0.5, 0.6) is 11.5 Å². The lowest BCUT2D eigenvalue weighted by Gasteiger charge is -2.13. The van der Waals surface area contributed by atoms with E-state index in [1.165, 1.54) is 37.2 Å². The molecule has 0 radical (unpaired) electrons. The van der Waals surface area contributed by atoms with Gasteiger partial charge in [-0.3, -0.25) is 9.36 Å². The molecule has 0 saturated heterocycles. The molecular weight excluding hydrogens is 404 g/mol. The summed E-state index contributed by atoms with van der Waals surface area (Å²) in [6, 6.07) is 7.71. The molecular formula is C19H19ClN2O5S. The van der Waals surface area contributed by atoms with Crippen LogP contribution in [0, 0.1) is 0 Å². The average molecular weight is 423 g/mol. The fourth-order valence-corrected chi connectivity index (χ4v) is 4.22. The molecule has 0 aliphatic heterocycles. The minimum atomic E-state index is -3.47. The molecule has 0 atom stereocenters. The second-order valence-corrected chi connectivity index (χ2v) is 8.74. The van der Waals surface area contributed by atoms with Crippen molar-refractivity contribution in [3.05, 3.63) is 57.6 Å². The first-order chi connectivity index (χ1) is 13.3. The van der Waals surface area contributed by atoms with Crippen molar-refractivity contribution in [2.24, 2.45) is 0 Å². The predicted octanol–water partition coefficient (Wildman–Crippen LogP) is 2.91. The number of halogens is 1. The summed E-state index contributed by atoms with van der Waals surface area (Å²) >= 11 is 6.06. The highest BCUT2D eigenvalue weighted by atomic mass is 35.5. The van der Waals surface area contributed by atoms with Gasteiger partial charge in [0.05, 0.1) is 48.6 Å². The summed E-state index contributed by atoms with van der Waals surface area (Å²) in [5.74, 6) is 0.818. The van der Waals surface area contributed by atoms with Crippen molar-refractivity contribution < 1.29 is 17.9 Å². The molecule has 9 heteroatoms. The minimum Gasteiger partial charge on any atom is -0.493 e. The standard InChI is InChI=1S/C19H19ClN2O5S/c1-4-28(24,25)18-6-5-13(20)7-12(18)10-22-11-21-15-9-17(27-3)16(26-2)8-14(15)19(22)23/h5-9,11H,4,10H2,1-3H3.